The Labute approximate surface area is 109 Å². The van der Waals surface area contributed by atoms with E-state index in [0.717, 1.165) is 17.3 Å². The Balaban J connectivity index is 2.17. The zero-order chi connectivity index (χ0) is 13.5. The molecule has 0 atom stereocenters. The second-order valence-electron chi connectivity index (χ2n) is 6.00. The highest BCUT2D eigenvalue weighted by atomic mass is 16.3. The van der Waals surface area contributed by atoms with Crippen molar-refractivity contribution in [3.63, 3.8) is 0 Å². The minimum absolute atomic E-state index is 0.267. The lowest BCUT2D eigenvalue weighted by atomic mass is 9.83. The lowest BCUT2D eigenvalue weighted by molar-refractivity contribution is -0.0309. The third-order valence-corrected chi connectivity index (χ3v) is 3.74. The van der Waals surface area contributed by atoms with Crippen LogP contribution in [0.1, 0.15) is 45.0 Å². The second kappa shape index (κ2) is 4.50. The zero-order valence-electron chi connectivity index (χ0n) is 11.9. The number of β-amino-alcohol motifs (C(OH)–C–C–N with tert-alkyl or cyclic N) is 1. The van der Waals surface area contributed by atoms with Gasteiger partial charge in [-0.05, 0) is 24.8 Å². The minimum atomic E-state index is -0.578. The molecule has 100 valence electrons. The number of aliphatic hydroxyl groups is 1. The summed E-state index contributed by atoms with van der Waals surface area (Å²) in [7, 11) is 0. The molecule has 4 heteroatoms. The molecule has 1 N–H and O–H groups in total. The normalized spacial score (nSPS) is 18.3. The van der Waals surface area contributed by atoms with E-state index in [9.17, 15) is 5.11 Å². The summed E-state index contributed by atoms with van der Waals surface area (Å²) in [6.07, 6.45) is 0. The van der Waals surface area contributed by atoms with E-state index >= 15 is 0 Å². The van der Waals surface area contributed by atoms with Crippen LogP contribution in [0, 0.1) is 12.8 Å². The Hall–Kier alpha value is -1.16. The average molecular weight is 249 g/mol. The molecule has 4 nitrogen and oxygen atoms in total. The molecule has 1 aliphatic rings. The Morgan fingerprint density at radius 2 is 1.83 bits per heavy atom. The summed E-state index contributed by atoms with van der Waals surface area (Å²) in [5, 5.41) is 10.3. The van der Waals surface area contributed by atoms with Crippen LogP contribution < -0.4 is 4.90 Å². The van der Waals surface area contributed by atoms with E-state index in [1.807, 2.05) is 26.8 Å². The first kappa shape index (κ1) is 13.3. The van der Waals surface area contributed by atoms with E-state index in [1.54, 1.807) is 0 Å². The van der Waals surface area contributed by atoms with Gasteiger partial charge in [0.25, 0.3) is 0 Å². The lowest BCUT2D eigenvalue weighted by Crippen LogP contribution is -2.65. The Bertz CT molecular complexity index is 437. The first-order chi connectivity index (χ1) is 8.32. The summed E-state index contributed by atoms with van der Waals surface area (Å²) in [4.78, 5) is 11.1. The van der Waals surface area contributed by atoms with Crippen molar-refractivity contribution < 1.29 is 5.11 Å². The molecule has 1 saturated heterocycles. The molecule has 1 aliphatic heterocycles. The number of hydrogen-bond acceptors (Lipinski definition) is 4. The highest BCUT2D eigenvalue weighted by molar-refractivity contribution is 5.39. The maximum atomic E-state index is 10.3. The van der Waals surface area contributed by atoms with Gasteiger partial charge in [0.2, 0.25) is 5.95 Å². The Kier molecular flexibility index (Phi) is 3.32. The van der Waals surface area contributed by atoms with E-state index in [2.05, 4.69) is 28.7 Å². The fourth-order valence-corrected chi connectivity index (χ4v) is 2.14. The smallest absolute Gasteiger partial charge is 0.225 e. The van der Waals surface area contributed by atoms with Gasteiger partial charge in [0, 0.05) is 11.4 Å². The molecule has 0 bridgehead atoms. The van der Waals surface area contributed by atoms with Crippen molar-refractivity contribution >= 4 is 5.95 Å². The van der Waals surface area contributed by atoms with E-state index in [1.165, 1.54) is 0 Å². The van der Waals surface area contributed by atoms with Crippen molar-refractivity contribution in [1.82, 2.24) is 9.97 Å². The van der Waals surface area contributed by atoms with E-state index in [0.29, 0.717) is 19.0 Å². The van der Waals surface area contributed by atoms with Crippen LogP contribution in [-0.4, -0.2) is 33.8 Å². The van der Waals surface area contributed by atoms with E-state index in [-0.39, 0.29) is 5.92 Å². The Morgan fingerprint density at radius 3 is 2.33 bits per heavy atom. The van der Waals surface area contributed by atoms with Crippen molar-refractivity contribution in [3.05, 3.63) is 17.5 Å². The topological polar surface area (TPSA) is 49.2 Å². The van der Waals surface area contributed by atoms with Crippen LogP contribution >= 0.6 is 0 Å². The summed E-state index contributed by atoms with van der Waals surface area (Å²) >= 11 is 0. The Morgan fingerprint density at radius 1 is 1.22 bits per heavy atom. The predicted octanol–water partition coefficient (Wildman–Crippen LogP) is 2.12. The second-order valence-corrected chi connectivity index (χ2v) is 6.00. The van der Waals surface area contributed by atoms with Gasteiger partial charge in [-0.15, -0.1) is 0 Å². The quantitative estimate of drug-likeness (QED) is 0.891. The molecule has 0 spiro atoms. The van der Waals surface area contributed by atoms with Gasteiger partial charge >= 0.3 is 0 Å². The summed E-state index contributed by atoms with van der Waals surface area (Å²) in [5.74, 6) is 1.42. The first-order valence-electron chi connectivity index (χ1n) is 6.65. The van der Waals surface area contributed by atoms with Crippen LogP contribution in [0.15, 0.2) is 6.07 Å². The molecule has 0 aromatic carbocycles. The minimum Gasteiger partial charge on any atom is -0.386 e. The van der Waals surface area contributed by atoms with Crippen LogP contribution in [0.3, 0.4) is 0 Å². The summed E-state index contributed by atoms with van der Waals surface area (Å²) in [5.41, 5.74) is 1.48. The van der Waals surface area contributed by atoms with Crippen molar-refractivity contribution in [2.45, 2.75) is 46.1 Å². The summed E-state index contributed by atoms with van der Waals surface area (Å²) < 4.78 is 0. The largest absolute Gasteiger partial charge is 0.386 e. The van der Waals surface area contributed by atoms with Crippen LogP contribution in [-0.2, 0) is 0 Å². The number of aryl methyl sites for hydroxylation is 1. The number of aromatic nitrogens is 2. The van der Waals surface area contributed by atoms with Crippen LogP contribution in [0.5, 0.6) is 0 Å². The van der Waals surface area contributed by atoms with Crippen molar-refractivity contribution in [2.75, 3.05) is 18.0 Å². The SMILES string of the molecule is Cc1cc(C(C)C)nc(N2CC(O)(C(C)C)C2)n1. The molecular formula is C14H23N3O. The molecule has 1 fully saturated rings. The third-order valence-electron chi connectivity index (χ3n) is 3.74. The van der Waals surface area contributed by atoms with Crippen molar-refractivity contribution in [1.29, 1.82) is 0 Å². The molecule has 0 amide bonds. The molecule has 2 heterocycles. The van der Waals surface area contributed by atoms with E-state index < -0.39 is 5.60 Å². The van der Waals surface area contributed by atoms with Gasteiger partial charge in [-0.25, -0.2) is 9.97 Å². The van der Waals surface area contributed by atoms with Crippen LogP contribution in [0.2, 0.25) is 0 Å². The number of hydrogen-bond donors (Lipinski definition) is 1. The number of anilines is 1. The van der Waals surface area contributed by atoms with Gasteiger partial charge < -0.3 is 10.0 Å². The van der Waals surface area contributed by atoms with Gasteiger partial charge in [0.1, 0.15) is 5.60 Å². The maximum Gasteiger partial charge on any atom is 0.225 e. The van der Waals surface area contributed by atoms with Gasteiger partial charge in [0.05, 0.1) is 13.1 Å². The standard InChI is InChI=1S/C14H23N3O/c1-9(2)12-6-11(5)15-13(16-12)17-7-14(18,8-17)10(3)4/h6,9-10,18H,7-8H2,1-5H3. The van der Waals surface area contributed by atoms with Crippen LogP contribution in [0.25, 0.3) is 0 Å². The molecule has 18 heavy (non-hydrogen) atoms. The average Bonchev–Trinajstić information content (AvgIpc) is 2.23. The van der Waals surface area contributed by atoms with Gasteiger partial charge in [-0.3, -0.25) is 0 Å². The molecular weight excluding hydrogens is 226 g/mol. The summed E-state index contributed by atoms with van der Waals surface area (Å²) in [6.45, 7) is 11.6. The molecule has 2 rings (SSSR count). The fraction of sp³-hybridized carbons (Fsp3) is 0.714. The zero-order valence-corrected chi connectivity index (χ0v) is 11.9. The van der Waals surface area contributed by atoms with E-state index in [4.69, 9.17) is 0 Å². The molecule has 0 unspecified atom stereocenters. The molecule has 0 radical (unpaired) electrons. The molecule has 0 aliphatic carbocycles. The molecule has 1 aromatic heterocycles. The van der Waals surface area contributed by atoms with Gasteiger partial charge in [0.15, 0.2) is 0 Å². The predicted molar refractivity (Wildman–Crippen MR) is 72.9 cm³/mol. The lowest BCUT2D eigenvalue weighted by Gasteiger charge is -2.49. The fourth-order valence-electron chi connectivity index (χ4n) is 2.14. The monoisotopic (exact) mass is 249 g/mol. The van der Waals surface area contributed by atoms with Crippen LogP contribution in [0.4, 0.5) is 5.95 Å². The van der Waals surface area contributed by atoms with Gasteiger partial charge in [-0.1, -0.05) is 27.7 Å². The third kappa shape index (κ3) is 2.34. The van der Waals surface area contributed by atoms with Crippen molar-refractivity contribution in [3.8, 4) is 0 Å². The highest BCUT2D eigenvalue weighted by Gasteiger charge is 2.44. The number of rotatable bonds is 3. The van der Waals surface area contributed by atoms with Crippen molar-refractivity contribution in [2.24, 2.45) is 5.92 Å². The molecule has 1 aromatic rings. The number of nitrogens with zero attached hydrogens (tertiary/aromatic N) is 3. The van der Waals surface area contributed by atoms with Gasteiger partial charge in [-0.2, -0.15) is 0 Å². The maximum absolute atomic E-state index is 10.3. The summed E-state index contributed by atoms with van der Waals surface area (Å²) in [6, 6.07) is 2.03. The molecule has 0 saturated carbocycles. The highest BCUT2D eigenvalue weighted by Crippen LogP contribution is 2.31. The first-order valence-corrected chi connectivity index (χ1v) is 6.65.